The lowest BCUT2D eigenvalue weighted by Gasteiger charge is -2.30. The van der Waals surface area contributed by atoms with Gasteiger partial charge in [0.25, 0.3) is 0 Å². The predicted octanol–water partition coefficient (Wildman–Crippen LogP) is 5.41. The molecule has 110 valence electrons. The van der Waals surface area contributed by atoms with Gasteiger partial charge in [-0.05, 0) is 68.1 Å². The average molecular weight is 271 g/mol. The van der Waals surface area contributed by atoms with Crippen LogP contribution in [0.15, 0.2) is 24.3 Å². The van der Waals surface area contributed by atoms with Crippen molar-refractivity contribution in [2.24, 2.45) is 11.8 Å². The highest BCUT2D eigenvalue weighted by molar-refractivity contribution is 5.45. The third-order valence-corrected chi connectivity index (χ3v) is 5.15. The monoisotopic (exact) mass is 271 g/mol. The van der Waals surface area contributed by atoms with Crippen molar-refractivity contribution in [2.45, 2.75) is 70.8 Å². The van der Waals surface area contributed by atoms with Crippen molar-refractivity contribution < 1.29 is 0 Å². The summed E-state index contributed by atoms with van der Waals surface area (Å²) < 4.78 is 0. The largest absolute Gasteiger partial charge is 0.382 e. The number of aryl methyl sites for hydroxylation is 1. The predicted molar refractivity (Wildman–Crippen MR) is 87.1 cm³/mol. The third-order valence-electron chi connectivity index (χ3n) is 5.15. The van der Waals surface area contributed by atoms with Gasteiger partial charge in [0.2, 0.25) is 0 Å². The van der Waals surface area contributed by atoms with E-state index in [1.807, 2.05) is 0 Å². The first-order valence-corrected chi connectivity index (χ1v) is 8.70. The smallest absolute Gasteiger partial charge is 0.0342 e. The van der Waals surface area contributed by atoms with E-state index in [-0.39, 0.29) is 0 Å². The third kappa shape index (κ3) is 3.77. The van der Waals surface area contributed by atoms with Crippen LogP contribution < -0.4 is 5.32 Å². The minimum atomic E-state index is 0.718. The molecule has 0 radical (unpaired) electrons. The molecule has 2 atom stereocenters. The summed E-state index contributed by atoms with van der Waals surface area (Å²) in [6.45, 7) is 2.26. The molecule has 1 nitrogen and oxygen atoms in total. The molecular weight excluding hydrogens is 242 g/mol. The summed E-state index contributed by atoms with van der Waals surface area (Å²) >= 11 is 0. The van der Waals surface area contributed by atoms with Crippen LogP contribution in [-0.4, -0.2) is 6.04 Å². The van der Waals surface area contributed by atoms with Crippen LogP contribution in [-0.2, 0) is 6.42 Å². The standard InChI is InChI=1S/C19H29N/c1-2-3-5-15-8-12-18(13-9-15)20-19-7-4-6-17(14-19)16-10-11-16/h8-9,12-13,16-17,19-20H,2-7,10-11,14H2,1H3. The number of hydrogen-bond donors (Lipinski definition) is 1. The molecule has 1 N–H and O–H groups in total. The van der Waals surface area contributed by atoms with Gasteiger partial charge >= 0.3 is 0 Å². The van der Waals surface area contributed by atoms with Gasteiger partial charge in [0.15, 0.2) is 0 Å². The number of unbranched alkanes of at least 4 members (excludes halogenated alkanes) is 1. The molecule has 1 aromatic rings. The fourth-order valence-corrected chi connectivity index (χ4v) is 3.74. The van der Waals surface area contributed by atoms with Crippen LogP contribution in [0.4, 0.5) is 5.69 Å². The Morgan fingerprint density at radius 1 is 1.00 bits per heavy atom. The van der Waals surface area contributed by atoms with Gasteiger partial charge in [-0.15, -0.1) is 0 Å². The van der Waals surface area contributed by atoms with Gasteiger partial charge in [-0.25, -0.2) is 0 Å². The zero-order chi connectivity index (χ0) is 13.8. The van der Waals surface area contributed by atoms with E-state index in [1.54, 1.807) is 0 Å². The topological polar surface area (TPSA) is 12.0 Å². The molecule has 0 saturated heterocycles. The molecule has 0 bridgehead atoms. The van der Waals surface area contributed by atoms with E-state index in [0.29, 0.717) is 0 Å². The molecule has 0 aromatic heterocycles. The number of rotatable bonds is 6. The number of nitrogens with one attached hydrogen (secondary N) is 1. The highest BCUT2D eigenvalue weighted by Crippen LogP contribution is 2.44. The maximum absolute atomic E-state index is 3.78. The summed E-state index contributed by atoms with van der Waals surface area (Å²) in [7, 11) is 0. The normalized spacial score (nSPS) is 26.4. The Bertz CT molecular complexity index is 404. The van der Waals surface area contributed by atoms with E-state index in [4.69, 9.17) is 0 Å². The van der Waals surface area contributed by atoms with Gasteiger partial charge in [0.05, 0.1) is 0 Å². The molecule has 2 fully saturated rings. The lowest BCUT2D eigenvalue weighted by molar-refractivity contribution is 0.303. The fraction of sp³-hybridized carbons (Fsp3) is 0.684. The second-order valence-electron chi connectivity index (χ2n) is 6.91. The van der Waals surface area contributed by atoms with Gasteiger partial charge in [-0.3, -0.25) is 0 Å². The van der Waals surface area contributed by atoms with E-state index in [9.17, 15) is 0 Å². The molecule has 0 aliphatic heterocycles. The summed E-state index contributed by atoms with van der Waals surface area (Å²) in [5.41, 5.74) is 2.81. The molecule has 3 rings (SSSR count). The van der Waals surface area contributed by atoms with Crippen molar-refractivity contribution in [3.8, 4) is 0 Å². The Labute approximate surface area is 124 Å². The van der Waals surface area contributed by atoms with E-state index in [0.717, 1.165) is 17.9 Å². The van der Waals surface area contributed by atoms with Crippen LogP contribution >= 0.6 is 0 Å². The van der Waals surface area contributed by atoms with Crippen molar-refractivity contribution in [1.29, 1.82) is 0 Å². The second kappa shape index (κ2) is 6.65. The van der Waals surface area contributed by atoms with E-state index < -0.39 is 0 Å². The van der Waals surface area contributed by atoms with Crippen LogP contribution in [0.3, 0.4) is 0 Å². The zero-order valence-corrected chi connectivity index (χ0v) is 12.9. The van der Waals surface area contributed by atoms with Crippen LogP contribution in [0.25, 0.3) is 0 Å². The number of hydrogen-bond acceptors (Lipinski definition) is 1. The van der Waals surface area contributed by atoms with Crippen molar-refractivity contribution >= 4 is 5.69 Å². The summed E-state index contributed by atoms with van der Waals surface area (Å²) in [4.78, 5) is 0. The SMILES string of the molecule is CCCCc1ccc(NC2CCCC(C3CC3)C2)cc1. The first-order chi connectivity index (χ1) is 9.85. The Morgan fingerprint density at radius 3 is 2.50 bits per heavy atom. The van der Waals surface area contributed by atoms with Gasteiger partial charge in [0.1, 0.15) is 0 Å². The highest BCUT2D eigenvalue weighted by Gasteiger charge is 2.34. The molecule has 0 amide bonds. The van der Waals surface area contributed by atoms with E-state index >= 15 is 0 Å². The molecule has 2 saturated carbocycles. The first-order valence-electron chi connectivity index (χ1n) is 8.70. The fourth-order valence-electron chi connectivity index (χ4n) is 3.74. The maximum Gasteiger partial charge on any atom is 0.0342 e. The van der Waals surface area contributed by atoms with E-state index in [2.05, 4.69) is 36.5 Å². The van der Waals surface area contributed by atoms with Gasteiger partial charge in [-0.1, -0.05) is 38.3 Å². The minimum Gasteiger partial charge on any atom is -0.382 e. The molecule has 2 unspecified atom stereocenters. The average Bonchev–Trinajstić information content (AvgIpc) is 3.32. The maximum atomic E-state index is 3.78. The molecule has 20 heavy (non-hydrogen) atoms. The van der Waals surface area contributed by atoms with Crippen LogP contribution in [0.5, 0.6) is 0 Å². The highest BCUT2D eigenvalue weighted by atomic mass is 14.9. The molecule has 0 heterocycles. The van der Waals surface area contributed by atoms with Crippen molar-refractivity contribution in [2.75, 3.05) is 5.32 Å². The Kier molecular flexibility index (Phi) is 4.65. The Balaban J connectivity index is 1.51. The van der Waals surface area contributed by atoms with Crippen molar-refractivity contribution in [3.05, 3.63) is 29.8 Å². The second-order valence-corrected chi connectivity index (χ2v) is 6.91. The molecular formula is C19H29N. The number of benzene rings is 1. The van der Waals surface area contributed by atoms with Crippen molar-refractivity contribution in [3.63, 3.8) is 0 Å². The molecule has 1 heteroatoms. The minimum absolute atomic E-state index is 0.718. The number of anilines is 1. The first kappa shape index (κ1) is 14.0. The van der Waals surface area contributed by atoms with Crippen LogP contribution in [0, 0.1) is 11.8 Å². The summed E-state index contributed by atoms with van der Waals surface area (Å²) in [6.07, 6.45) is 12.5. The summed E-state index contributed by atoms with van der Waals surface area (Å²) in [6, 6.07) is 9.89. The summed E-state index contributed by atoms with van der Waals surface area (Å²) in [5, 5.41) is 3.78. The van der Waals surface area contributed by atoms with Crippen LogP contribution in [0.2, 0.25) is 0 Å². The van der Waals surface area contributed by atoms with Crippen molar-refractivity contribution in [1.82, 2.24) is 0 Å². The zero-order valence-electron chi connectivity index (χ0n) is 12.9. The van der Waals surface area contributed by atoms with E-state index in [1.165, 1.54) is 69.0 Å². The Hall–Kier alpha value is -0.980. The lowest BCUT2D eigenvalue weighted by Crippen LogP contribution is -2.28. The Morgan fingerprint density at radius 2 is 1.80 bits per heavy atom. The molecule has 2 aliphatic rings. The molecule has 0 spiro atoms. The lowest BCUT2D eigenvalue weighted by atomic mass is 9.82. The van der Waals surface area contributed by atoms with Gasteiger partial charge in [-0.2, -0.15) is 0 Å². The van der Waals surface area contributed by atoms with Gasteiger partial charge < -0.3 is 5.32 Å². The quantitative estimate of drug-likeness (QED) is 0.729. The van der Waals surface area contributed by atoms with Gasteiger partial charge in [0, 0.05) is 11.7 Å². The van der Waals surface area contributed by atoms with Crippen LogP contribution in [0.1, 0.15) is 63.9 Å². The summed E-state index contributed by atoms with van der Waals surface area (Å²) in [5.74, 6) is 2.10. The molecule has 2 aliphatic carbocycles. The molecule has 1 aromatic carbocycles.